The molecule has 0 unspecified atom stereocenters. The Kier molecular flexibility index (Phi) is 4.83. The summed E-state index contributed by atoms with van der Waals surface area (Å²) in [5, 5.41) is 1.54. The molecule has 3 aromatic heterocycles. The third kappa shape index (κ3) is 4.60. The highest BCUT2D eigenvalue weighted by Gasteiger charge is 2.19. The van der Waals surface area contributed by atoms with Crippen molar-refractivity contribution >= 4 is 43.7 Å². The summed E-state index contributed by atoms with van der Waals surface area (Å²) in [7, 11) is 0. The van der Waals surface area contributed by atoms with Crippen molar-refractivity contribution in [2.75, 3.05) is 0 Å². The lowest BCUT2D eigenvalue weighted by Crippen LogP contribution is -2.00. The second kappa shape index (κ2) is 11.4. The van der Waals surface area contributed by atoms with E-state index in [1.54, 1.807) is 12.1 Å². The molecule has 7 aromatic carbocycles. The fraction of sp³-hybridized carbons (Fsp3) is 0. The molecule has 0 saturated heterocycles. The third-order valence-electron chi connectivity index (χ3n) is 8.91. The Morgan fingerprint density at radius 3 is 1.80 bits per heavy atom. The molecule has 0 atom stereocenters. The Labute approximate surface area is 299 Å². The van der Waals surface area contributed by atoms with Gasteiger partial charge in [0.25, 0.3) is 0 Å². The zero-order valence-corrected chi connectivity index (χ0v) is 26.2. The van der Waals surface area contributed by atoms with E-state index in [0.717, 1.165) is 33.0 Å². The minimum absolute atomic E-state index is 0.00848. The van der Waals surface area contributed by atoms with Crippen LogP contribution in [0.3, 0.4) is 0 Å². The molecule has 0 bridgehead atoms. The van der Waals surface area contributed by atoms with Crippen LogP contribution in [0.2, 0.25) is 0 Å². The Bertz CT molecular complexity index is 3250. The monoisotopic (exact) mass is 648 g/mol. The predicted molar refractivity (Wildman–Crippen MR) is 203 cm³/mol. The first kappa shape index (κ1) is 21.2. The van der Waals surface area contributed by atoms with Gasteiger partial charge in [0.1, 0.15) is 11.2 Å². The van der Waals surface area contributed by atoms with Crippen molar-refractivity contribution in [2.24, 2.45) is 0 Å². The number of benzene rings is 7. The normalized spacial score (nSPS) is 13.8. The standard InChI is InChI=1S/C45H28N4O/c1-3-13-29(14-4-1)31-17-11-18-32(27-31)44-46-43(30-15-5-2-6-16-30)47-45(48-44)38-22-12-21-37-36-26-25-33(28-41(36)50-42(37)38)49-39-23-9-7-19-34(39)35-20-8-10-24-40(35)49/h1-28H/i7D,8D,9D,10D,19D,20D,23D,24D. The summed E-state index contributed by atoms with van der Waals surface area (Å²) >= 11 is 0. The van der Waals surface area contributed by atoms with E-state index in [4.69, 9.17) is 30.3 Å². The minimum Gasteiger partial charge on any atom is -0.455 e. The summed E-state index contributed by atoms with van der Waals surface area (Å²) in [6, 6.07) is 35.4. The maximum atomic E-state index is 8.91. The maximum absolute atomic E-state index is 8.91. The number of hydrogen-bond donors (Lipinski definition) is 0. The van der Waals surface area contributed by atoms with Gasteiger partial charge >= 0.3 is 0 Å². The van der Waals surface area contributed by atoms with Crippen molar-refractivity contribution in [2.45, 2.75) is 0 Å². The maximum Gasteiger partial charge on any atom is 0.167 e. The van der Waals surface area contributed by atoms with Crippen molar-refractivity contribution in [1.29, 1.82) is 0 Å². The summed E-state index contributed by atoms with van der Waals surface area (Å²) in [6.07, 6.45) is 0. The molecule has 10 aromatic rings. The van der Waals surface area contributed by atoms with E-state index in [2.05, 4.69) is 18.2 Å². The van der Waals surface area contributed by atoms with E-state index in [1.807, 2.05) is 91.0 Å². The smallest absolute Gasteiger partial charge is 0.167 e. The van der Waals surface area contributed by atoms with E-state index in [0.29, 0.717) is 39.9 Å². The van der Waals surface area contributed by atoms with Crippen LogP contribution in [-0.4, -0.2) is 19.5 Å². The van der Waals surface area contributed by atoms with Gasteiger partial charge in [-0.25, -0.2) is 15.0 Å². The molecule has 50 heavy (non-hydrogen) atoms. The molecule has 5 nitrogen and oxygen atoms in total. The zero-order chi connectivity index (χ0) is 40.0. The number of nitrogens with zero attached hydrogens (tertiary/aromatic N) is 4. The van der Waals surface area contributed by atoms with Crippen LogP contribution in [0, 0.1) is 0 Å². The van der Waals surface area contributed by atoms with Gasteiger partial charge < -0.3 is 8.98 Å². The molecule has 0 aliphatic carbocycles. The van der Waals surface area contributed by atoms with E-state index < -0.39 is 36.3 Å². The Hall–Kier alpha value is -6.85. The average Bonchev–Trinajstić information content (AvgIpc) is 3.83. The minimum atomic E-state index is -0.495. The van der Waals surface area contributed by atoms with Crippen LogP contribution < -0.4 is 0 Å². The Balaban J connectivity index is 1.20. The van der Waals surface area contributed by atoms with Crippen molar-refractivity contribution < 1.29 is 15.4 Å². The van der Waals surface area contributed by atoms with Crippen LogP contribution in [0.25, 0.3) is 94.7 Å². The molecule has 0 radical (unpaired) electrons. The van der Waals surface area contributed by atoms with Gasteiger partial charge in [0.15, 0.2) is 17.5 Å². The third-order valence-corrected chi connectivity index (χ3v) is 8.91. The van der Waals surface area contributed by atoms with Crippen molar-refractivity contribution in [3.63, 3.8) is 0 Å². The number of furan rings is 1. The molecule has 0 fully saturated rings. The van der Waals surface area contributed by atoms with E-state index in [1.165, 1.54) is 4.57 Å². The molecule has 0 saturated carbocycles. The fourth-order valence-electron chi connectivity index (χ4n) is 6.59. The molecular formula is C45H28N4O. The fourth-order valence-corrected chi connectivity index (χ4v) is 6.59. The van der Waals surface area contributed by atoms with Crippen LogP contribution in [0.5, 0.6) is 0 Å². The summed E-state index contributed by atoms with van der Waals surface area (Å²) in [5.41, 5.74) is 5.73. The average molecular weight is 649 g/mol. The number of fused-ring (bicyclic) bond motifs is 6. The molecule has 5 heteroatoms. The summed E-state index contributed by atoms with van der Waals surface area (Å²) in [6.45, 7) is 0. The molecule has 0 spiro atoms. The van der Waals surface area contributed by atoms with Gasteiger partial charge in [-0.1, -0.05) is 127 Å². The molecular weight excluding hydrogens is 613 g/mol. The lowest BCUT2D eigenvalue weighted by atomic mass is 10.0. The Morgan fingerprint density at radius 2 is 1.06 bits per heavy atom. The first-order chi connectivity index (χ1) is 28.1. The van der Waals surface area contributed by atoms with Crippen LogP contribution in [0.4, 0.5) is 0 Å². The summed E-state index contributed by atoms with van der Waals surface area (Å²) in [5.74, 6) is 1.37. The predicted octanol–water partition coefficient (Wildman–Crippen LogP) is 11.5. The highest BCUT2D eigenvalue weighted by molar-refractivity contribution is 6.11. The molecule has 0 amide bonds. The largest absolute Gasteiger partial charge is 0.455 e. The summed E-state index contributed by atoms with van der Waals surface area (Å²) in [4.78, 5) is 14.9. The molecule has 234 valence electrons. The van der Waals surface area contributed by atoms with Crippen molar-refractivity contribution in [3.8, 4) is 51.0 Å². The zero-order valence-electron chi connectivity index (χ0n) is 34.2. The van der Waals surface area contributed by atoms with Crippen molar-refractivity contribution in [1.82, 2.24) is 19.5 Å². The van der Waals surface area contributed by atoms with E-state index in [-0.39, 0.29) is 33.9 Å². The second-order valence-electron chi connectivity index (χ2n) is 11.9. The highest BCUT2D eigenvalue weighted by Crippen LogP contribution is 2.38. The molecule has 0 aliphatic heterocycles. The van der Waals surface area contributed by atoms with Crippen LogP contribution in [0.15, 0.2) is 174 Å². The van der Waals surface area contributed by atoms with E-state index >= 15 is 0 Å². The van der Waals surface area contributed by atoms with Gasteiger partial charge in [-0.2, -0.15) is 0 Å². The first-order valence-electron chi connectivity index (χ1n) is 20.0. The molecule has 0 aliphatic rings. The number of rotatable bonds is 5. The molecule has 0 N–H and O–H groups in total. The van der Waals surface area contributed by atoms with E-state index in [9.17, 15) is 0 Å². The number of para-hydroxylation sites is 3. The molecule has 3 heterocycles. The van der Waals surface area contributed by atoms with Crippen LogP contribution >= 0.6 is 0 Å². The van der Waals surface area contributed by atoms with Gasteiger partial charge in [-0.15, -0.1) is 0 Å². The van der Waals surface area contributed by atoms with Crippen molar-refractivity contribution in [3.05, 3.63) is 170 Å². The second-order valence-corrected chi connectivity index (χ2v) is 11.9. The van der Waals surface area contributed by atoms with Gasteiger partial charge in [0.05, 0.1) is 27.6 Å². The van der Waals surface area contributed by atoms with Gasteiger partial charge in [0.2, 0.25) is 0 Å². The number of aromatic nitrogens is 4. The quantitative estimate of drug-likeness (QED) is 0.186. The first-order valence-corrected chi connectivity index (χ1v) is 16.0. The van der Waals surface area contributed by atoms with Crippen LogP contribution in [0.1, 0.15) is 11.0 Å². The topological polar surface area (TPSA) is 56.7 Å². The Morgan fingerprint density at radius 1 is 0.460 bits per heavy atom. The van der Waals surface area contributed by atoms with Crippen LogP contribution in [-0.2, 0) is 0 Å². The lowest BCUT2D eigenvalue weighted by molar-refractivity contribution is 0.669. The van der Waals surface area contributed by atoms with Gasteiger partial charge in [0, 0.05) is 44.4 Å². The van der Waals surface area contributed by atoms with Gasteiger partial charge in [-0.05, 0) is 47.5 Å². The lowest BCUT2D eigenvalue weighted by Gasteiger charge is -2.10. The molecule has 10 rings (SSSR count). The van der Waals surface area contributed by atoms with Gasteiger partial charge in [-0.3, -0.25) is 0 Å². The SMILES string of the molecule is [2H]c1c([2H])c([2H])c2c(c1[2H])c1c([2H])c([2H])c([2H])c([2H])c1n2-c1ccc2c(c1)oc1c(-c3nc(-c4ccccc4)nc(-c4cccc(-c5ccccc5)c4)n3)cccc12. The summed E-state index contributed by atoms with van der Waals surface area (Å²) < 4.78 is 77.2. The number of hydrogen-bond acceptors (Lipinski definition) is 4. The highest BCUT2D eigenvalue weighted by atomic mass is 16.3.